The second-order valence-electron chi connectivity index (χ2n) is 9.47. The summed E-state index contributed by atoms with van der Waals surface area (Å²) in [6.07, 6.45) is 4.88. The van der Waals surface area contributed by atoms with Gasteiger partial charge in [-0.05, 0) is 48.6 Å². The lowest BCUT2D eigenvalue weighted by molar-refractivity contribution is -0.130. The van der Waals surface area contributed by atoms with Crippen molar-refractivity contribution in [3.8, 4) is 11.1 Å². The second kappa shape index (κ2) is 10.6. The van der Waals surface area contributed by atoms with Crippen LogP contribution < -0.4 is 0 Å². The standard InChI is InChI=1S/C27H31FN6O2/c1-18-27-25(31-30-18)14-21(23-6-5-22(28)16-24(23)20-4-3-7-29-17-20)15-26(27)32-36-13-12-33-8-10-34(11-9-33)19(2)35/h3-7,16-17,21H,8-15H2,1-2H3,(H,30,31). The number of nitrogens with one attached hydrogen (secondary N) is 1. The van der Waals surface area contributed by atoms with E-state index in [1.54, 1.807) is 25.4 Å². The Labute approximate surface area is 210 Å². The first-order valence-electron chi connectivity index (χ1n) is 12.4. The molecule has 1 amide bonds. The zero-order valence-electron chi connectivity index (χ0n) is 20.7. The lowest BCUT2D eigenvalue weighted by Crippen LogP contribution is -2.48. The lowest BCUT2D eigenvalue weighted by Gasteiger charge is -2.33. The van der Waals surface area contributed by atoms with E-state index >= 15 is 0 Å². The van der Waals surface area contributed by atoms with E-state index < -0.39 is 0 Å². The number of oxime groups is 1. The molecule has 2 aromatic heterocycles. The Kier molecular flexibility index (Phi) is 7.09. The number of halogens is 1. The summed E-state index contributed by atoms with van der Waals surface area (Å²) in [5, 5.41) is 12.2. The van der Waals surface area contributed by atoms with Gasteiger partial charge in [0.05, 0.1) is 11.4 Å². The first kappa shape index (κ1) is 24.1. The molecule has 3 heterocycles. The fraction of sp³-hybridized carbons (Fsp3) is 0.407. The van der Waals surface area contributed by atoms with Gasteiger partial charge in [-0.2, -0.15) is 5.10 Å². The third-order valence-electron chi connectivity index (χ3n) is 7.11. The van der Waals surface area contributed by atoms with Gasteiger partial charge in [-0.25, -0.2) is 4.39 Å². The Hall–Kier alpha value is -3.59. The predicted octanol–water partition coefficient (Wildman–Crippen LogP) is 3.53. The van der Waals surface area contributed by atoms with Crippen molar-refractivity contribution in [1.29, 1.82) is 0 Å². The molecule has 1 aliphatic carbocycles. The fourth-order valence-corrected chi connectivity index (χ4v) is 5.19. The van der Waals surface area contributed by atoms with Crippen molar-refractivity contribution in [3.63, 3.8) is 0 Å². The molecule has 1 fully saturated rings. The Balaban J connectivity index is 1.32. The van der Waals surface area contributed by atoms with Crippen molar-refractivity contribution in [2.24, 2.45) is 5.16 Å². The number of hydrogen-bond donors (Lipinski definition) is 1. The van der Waals surface area contributed by atoms with Crippen LogP contribution in [0.2, 0.25) is 0 Å². The third-order valence-corrected chi connectivity index (χ3v) is 7.11. The van der Waals surface area contributed by atoms with Crippen molar-refractivity contribution in [1.82, 2.24) is 25.0 Å². The number of carbonyl (C=O) groups excluding carboxylic acids is 1. The Morgan fingerprint density at radius 3 is 2.81 bits per heavy atom. The van der Waals surface area contributed by atoms with E-state index in [0.717, 1.165) is 78.5 Å². The maximum atomic E-state index is 14.2. The summed E-state index contributed by atoms with van der Waals surface area (Å²) in [5.41, 5.74) is 6.57. The average Bonchev–Trinajstić information content (AvgIpc) is 3.28. The molecule has 2 aliphatic rings. The Bertz CT molecular complexity index is 1250. The zero-order chi connectivity index (χ0) is 25.1. The van der Waals surface area contributed by atoms with Crippen LogP contribution >= 0.6 is 0 Å². The van der Waals surface area contributed by atoms with E-state index in [1.807, 2.05) is 30.0 Å². The summed E-state index contributed by atoms with van der Waals surface area (Å²) in [4.78, 5) is 25.7. The second-order valence-corrected chi connectivity index (χ2v) is 9.47. The molecule has 3 aromatic rings. The van der Waals surface area contributed by atoms with Crippen LogP contribution in [0.4, 0.5) is 4.39 Å². The number of nitrogens with zero attached hydrogens (tertiary/aromatic N) is 5. The molecule has 1 N–H and O–H groups in total. The molecule has 1 unspecified atom stereocenters. The van der Waals surface area contributed by atoms with Crippen molar-refractivity contribution >= 4 is 11.6 Å². The number of aromatic amines is 1. The SMILES string of the molecule is CC(=O)N1CCN(CCON=C2CC(c3ccc(F)cc3-c3cccnc3)Cc3n[nH]c(C)c32)CC1. The maximum absolute atomic E-state index is 14.2. The largest absolute Gasteiger partial charge is 0.394 e. The number of rotatable bonds is 6. The van der Waals surface area contributed by atoms with Gasteiger partial charge >= 0.3 is 0 Å². The summed E-state index contributed by atoms with van der Waals surface area (Å²) in [5.74, 6) is -0.0626. The quantitative estimate of drug-likeness (QED) is 0.422. The number of aromatic nitrogens is 3. The van der Waals surface area contributed by atoms with E-state index in [4.69, 9.17) is 4.84 Å². The summed E-state index contributed by atoms with van der Waals surface area (Å²) in [6, 6.07) is 8.77. The number of carbonyl (C=O) groups is 1. The molecule has 0 radical (unpaired) electrons. The molecule has 0 bridgehead atoms. The predicted molar refractivity (Wildman–Crippen MR) is 135 cm³/mol. The van der Waals surface area contributed by atoms with Gasteiger partial charge in [-0.3, -0.25) is 19.8 Å². The Morgan fingerprint density at radius 1 is 1.22 bits per heavy atom. The van der Waals surface area contributed by atoms with Gasteiger partial charge in [0.2, 0.25) is 5.91 Å². The number of pyridine rings is 1. The molecule has 1 aliphatic heterocycles. The summed E-state index contributed by atoms with van der Waals surface area (Å²) in [7, 11) is 0. The minimum absolute atomic E-state index is 0.0815. The van der Waals surface area contributed by atoms with Gasteiger partial charge in [0.15, 0.2) is 0 Å². The average molecular weight is 491 g/mol. The normalized spacial score (nSPS) is 19.4. The van der Waals surface area contributed by atoms with Gasteiger partial charge in [0, 0.05) is 75.3 Å². The molecule has 1 atom stereocenters. The lowest BCUT2D eigenvalue weighted by atomic mass is 9.79. The molecule has 9 heteroatoms. The highest BCUT2D eigenvalue weighted by molar-refractivity contribution is 6.03. The molecule has 5 rings (SSSR count). The Morgan fingerprint density at radius 2 is 2.06 bits per heavy atom. The number of benzene rings is 1. The van der Waals surface area contributed by atoms with E-state index in [9.17, 15) is 9.18 Å². The van der Waals surface area contributed by atoms with Crippen LogP contribution in [-0.4, -0.2) is 75.9 Å². The molecular formula is C27H31FN6O2. The number of hydrogen-bond acceptors (Lipinski definition) is 6. The summed E-state index contributed by atoms with van der Waals surface area (Å²) in [6.45, 7) is 8.02. The number of aryl methyl sites for hydroxylation is 1. The van der Waals surface area contributed by atoms with Crippen LogP contribution in [0.1, 0.15) is 41.8 Å². The minimum Gasteiger partial charge on any atom is -0.394 e. The van der Waals surface area contributed by atoms with Crippen molar-refractivity contribution in [3.05, 3.63) is 71.1 Å². The number of piperazine rings is 1. The van der Waals surface area contributed by atoms with Gasteiger partial charge < -0.3 is 9.74 Å². The van der Waals surface area contributed by atoms with Gasteiger partial charge in [0.25, 0.3) is 0 Å². The van der Waals surface area contributed by atoms with Crippen molar-refractivity contribution < 1.29 is 14.0 Å². The van der Waals surface area contributed by atoms with Gasteiger partial charge in [-0.1, -0.05) is 17.3 Å². The van der Waals surface area contributed by atoms with Crippen LogP contribution in [0, 0.1) is 12.7 Å². The monoisotopic (exact) mass is 490 g/mol. The molecule has 8 nitrogen and oxygen atoms in total. The smallest absolute Gasteiger partial charge is 0.219 e. The number of fused-ring (bicyclic) bond motifs is 1. The maximum Gasteiger partial charge on any atom is 0.219 e. The van der Waals surface area contributed by atoms with Crippen molar-refractivity contribution in [2.75, 3.05) is 39.3 Å². The number of H-pyrrole nitrogens is 1. The van der Waals surface area contributed by atoms with Gasteiger partial charge in [-0.15, -0.1) is 0 Å². The fourth-order valence-electron chi connectivity index (χ4n) is 5.19. The van der Waals surface area contributed by atoms with Crippen LogP contribution in [0.25, 0.3) is 11.1 Å². The molecule has 188 valence electrons. The van der Waals surface area contributed by atoms with E-state index in [1.165, 1.54) is 6.07 Å². The topological polar surface area (TPSA) is 86.7 Å². The van der Waals surface area contributed by atoms with E-state index in [-0.39, 0.29) is 17.6 Å². The molecule has 0 saturated carbocycles. The van der Waals surface area contributed by atoms with Crippen LogP contribution in [0.3, 0.4) is 0 Å². The highest BCUT2D eigenvalue weighted by Gasteiger charge is 2.31. The van der Waals surface area contributed by atoms with Crippen LogP contribution in [-0.2, 0) is 16.1 Å². The molecule has 1 saturated heterocycles. The number of amides is 1. The van der Waals surface area contributed by atoms with Gasteiger partial charge in [0.1, 0.15) is 12.4 Å². The molecule has 36 heavy (non-hydrogen) atoms. The highest BCUT2D eigenvalue weighted by atomic mass is 19.1. The first-order chi connectivity index (χ1) is 17.5. The molecule has 0 spiro atoms. The minimum atomic E-state index is -0.272. The van der Waals surface area contributed by atoms with Crippen LogP contribution in [0.5, 0.6) is 0 Å². The molecule has 1 aromatic carbocycles. The van der Waals surface area contributed by atoms with Crippen molar-refractivity contribution in [2.45, 2.75) is 32.6 Å². The summed E-state index contributed by atoms with van der Waals surface area (Å²) < 4.78 is 14.2. The summed E-state index contributed by atoms with van der Waals surface area (Å²) >= 11 is 0. The van der Waals surface area contributed by atoms with E-state index in [0.29, 0.717) is 13.0 Å². The van der Waals surface area contributed by atoms with Crippen LogP contribution in [0.15, 0.2) is 47.9 Å². The molecular weight excluding hydrogens is 459 g/mol. The first-order valence-corrected chi connectivity index (χ1v) is 12.4. The zero-order valence-corrected chi connectivity index (χ0v) is 20.7. The third kappa shape index (κ3) is 5.16. The van der Waals surface area contributed by atoms with E-state index in [2.05, 4.69) is 25.2 Å². The highest BCUT2D eigenvalue weighted by Crippen LogP contribution is 2.38.